The van der Waals surface area contributed by atoms with Gasteiger partial charge in [0.1, 0.15) is 0 Å². The lowest BCUT2D eigenvalue weighted by Gasteiger charge is -1.89. The minimum Gasteiger partial charge on any atom is -0.343 e. The molecule has 0 saturated heterocycles. The van der Waals surface area contributed by atoms with Gasteiger partial charge in [-0.1, -0.05) is 27.7 Å². The molecule has 0 amide bonds. The summed E-state index contributed by atoms with van der Waals surface area (Å²) in [6.45, 7) is 10.00. The zero-order valence-corrected chi connectivity index (χ0v) is 9.63. The number of pyridine rings is 1. The highest BCUT2D eigenvalue weighted by atomic mass is 14.9. The van der Waals surface area contributed by atoms with E-state index in [2.05, 4.69) is 15.0 Å². The van der Waals surface area contributed by atoms with E-state index in [0.717, 1.165) is 16.6 Å². The van der Waals surface area contributed by atoms with E-state index < -0.39 is 0 Å². The van der Waals surface area contributed by atoms with Gasteiger partial charge in [-0.3, -0.25) is 4.98 Å². The van der Waals surface area contributed by atoms with Crippen LogP contribution >= 0.6 is 0 Å². The molecule has 2 heterocycles. The van der Waals surface area contributed by atoms with Gasteiger partial charge in [0.05, 0.1) is 23.6 Å². The number of nitrogens with one attached hydrogen (secondary N) is 1. The van der Waals surface area contributed by atoms with Gasteiger partial charge in [0.2, 0.25) is 0 Å². The molecule has 0 radical (unpaired) electrons. The Bertz CT molecular complexity index is 357. The number of aromatic amines is 1. The molecular weight excluding hydrogens is 174 g/mol. The van der Waals surface area contributed by atoms with E-state index in [1.54, 1.807) is 12.5 Å². The second-order valence-corrected chi connectivity index (χ2v) is 2.26. The molecule has 2 aromatic heterocycles. The van der Waals surface area contributed by atoms with Crippen molar-refractivity contribution in [2.24, 2.45) is 0 Å². The first-order chi connectivity index (χ1) is 6.88. The maximum atomic E-state index is 4.12. The van der Waals surface area contributed by atoms with Crippen molar-refractivity contribution < 1.29 is 1.43 Å². The first-order valence-corrected chi connectivity index (χ1v) is 5.11. The molecule has 0 unspecified atom stereocenters. The maximum Gasteiger partial charge on any atom is 0.0942 e. The van der Waals surface area contributed by atoms with Gasteiger partial charge in [-0.2, -0.15) is 0 Å². The first-order valence-electron chi connectivity index (χ1n) is 5.11. The van der Waals surface area contributed by atoms with Crippen LogP contribution in [0.5, 0.6) is 0 Å². The third-order valence-corrected chi connectivity index (χ3v) is 1.51. The van der Waals surface area contributed by atoms with Crippen molar-refractivity contribution in [1.29, 1.82) is 0 Å². The Labute approximate surface area is 87.1 Å². The normalized spacial score (nSPS) is 8.36. The van der Waals surface area contributed by atoms with Crippen molar-refractivity contribution in [2.75, 3.05) is 0 Å². The molecule has 3 heteroatoms. The Kier molecular flexibility index (Phi) is 6.37. The number of imidazole rings is 1. The number of hydrogen-bond donors (Lipinski definition) is 1. The standard InChI is InChI=1S/C7H7N3.2C2H6.H2/c1-5-2-8-3-6-7(5)10-4-9-6;2*1-2;/h2-4H,1H3,(H,9,10);2*1-2H3;1H. The van der Waals surface area contributed by atoms with E-state index in [-0.39, 0.29) is 1.43 Å². The number of hydrogen-bond acceptors (Lipinski definition) is 2. The van der Waals surface area contributed by atoms with Crippen molar-refractivity contribution >= 4 is 11.0 Å². The second kappa shape index (κ2) is 7.06. The van der Waals surface area contributed by atoms with Gasteiger partial charge < -0.3 is 4.98 Å². The van der Waals surface area contributed by atoms with E-state index in [1.165, 1.54) is 0 Å². The van der Waals surface area contributed by atoms with Crippen molar-refractivity contribution in [1.82, 2.24) is 15.0 Å². The predicted octanol–water partition coefficient (Wildman–Crippen LogP) is 3.56. The fourth-order valence-corrected chi connectivity index (χ4v) is 1.00. The summed E-state index contributed by atoms with van der Waals surface area (Å²) in [7, 11) is 0. The van der Waals surface area contributed by atoms with Crippen LogP contribution in [-0.2, 0) is 0 Å². The van der Waals surface area contributed by atoms with Gasteiger partial charge in [0.25, 0.3) is 0 Å². The van der Waals surface area contributed by atoms with Crippen LogP contribution < -0.4 is 0 Å². The highest BCUT2D eigenvalue weighted by Crippen LogP contribution is 2.09. The van der Waals surface area contributed by atoms with Crippen molar-refractivity contribution in [3.8, 4) is 0 Å². The SMILES string of the molecule is CC.CC.Cc1cncc2[nH]cnc12.[HH]. The van der Waals surface area contributed by atoms with Crippen molar-refractivity contribution in [2.45, 2.75) is 34.6 Å². The molecule has 3 nitrogen and oxygen atoms in total. The van der Waals surface area contributed by atoms with Crippen LogP contribution in [0.25, 0.3) is 11.0 Å². The molecule has 2 rings (SSSR count). The summed E-state index contributed by atoms with van der Waals surface area (Å²) in [5.74, 6) is 0. The van der Waals surface area contributed by atoms with Crippen molar-refractivity contribution in [3.63, 3.8) is 0 Å². The first kappa shape index (κ1) is 12.6. The Morgan fingerprint density at radius 2 is 1.79 bits per heavy atom. The van der Waals surface area contributed by atoms with Gasteiger partial charge in [-0.25, -0.2) is 4.98 Å². The average Bonchev–Trinajstić information content (AvgIpc) is 2.73. The molecule has 0 aliphatic rings. The summed E-state index contributed by atoms with van der Waals surface area (Å²) >= 11 is 0. The molecule has 2 aromatic rings. The van der Waals surface area contributed by atoms with Crippen LogP contribution in [0.15, 0.2) is 18.7 Å². The number of aryl methyl sites for hydroxylation is 1. The van der Waals surface area contributed by atoms with Crippen LogP contribution in [-0.4, -0.2) is 15.0 Å². The van der Waals surface area contributed by atoms with Crippen LogP contribution in [0.4, 0.5) is 0 Å². The van der Waals surface area contributed by atoms with Crippen LogP contribution in [0, 0.1) is 6.92 Å². The fourth-order valence-electron chi connectivity index (χ4n) is 1.00. The molecule has 0 spiro atoms. The zero-order valence-electron chi connectivity index (χ0n) is 9.63. The summed E-state index contributed by atoms with van der Waals surface area (Å²) in [6.07, 6.45) is 5.26. The summed E-state index contributed by atoms with van der Waals surface area (Å²) in [4.78, 5) is 11.1. The average molecular weight is 195 g/mol. The lowest BCUT2D eigenvalue weighted by atomic mass is 10.3. The lowest BCUT2D eigenvalue weighted by Crippen LogP contribution is -1.78. The van der Waals surface area contributed by atoms with E-state index in [9.17, 15) is 0 Å². The largest absolute Gasteiger partial charge is 0.343 e. The van der Waals surface area contributed by atoms with Gasteiger partial charge in [0.15, 0.2) is 0 Å². The molecule has 0 aliphatic heterocycles. The van der Waals surface area contributed by atoms with Crippen molar-refractivity contribution in [3.05, 3.63) is 24.3 Å². The van der Waals surface area contributed by atoms with Gasteiger partial charge in [-0.05, 0) is 12.5 Å². The third-order valence-electron chi connectivity index (χ3n) is 1.51. The topological polar surface area (TPSA) is 41.6 Å². The molecule has 14 heavy (non-hydrogen) atoms. The van der Waals surface area contributed by atoms with E-state index >= 15 is 0 Å². The van der Waals surface area contributed by atoms with Crippen LogP contribution in [0.2, 0.25) is 0 Å². The molecule has 0 fully saturated rings. The number of aromatic nitrogens is 3. The summed E-state index contributed by atoms with van der Waals surface area (Å²) in [5, 5.41) is 0. The molecule has 0 aliphatic carbocycles. The van der Waals surface area contributed by atoms with Gasteiger partial charge in [0, 0.05) is 7.62 Å². The fraction of sp³-hybridized carbons (Fsp3) is 0.455. The van der Waals surface area contributed by atoms with Crippen LogP contribution in [0.3, 0.4) is 0 Å². The quantitative estimate of drug-likeness (QED) is 0.698. The second-order valence-electron chi connectivity index (χ2n) is 2.26. The summed E-state index contributed by atoms with van der Waals surface area (Å²) in [5.41, 5.74) is 3.12. The lowest BCUT2D eigenvalue weighted by molar-refractivity contribution is 1.29. The molecule has 80 valence electrons. The minimum atomic E-state index is 0. The Morgan fingerprint density at radius 1 is 1.14 bits per heavy atom. The number of nitrogens with zero attached hydrogens (tertiary/aromatic N) is 2. The molecule has 1 N–H and O–H groups in total. The highest BCUT2D eigenvalue weighted by molar-refractivity contribution is 5.76. The van der Waals surface area contributed by atoms with E-state index in [4.69, 9.17) is 0 Å². The third kappa shape index (κ3) is 2.83. The van der Waals surface area contributed by atoms with E-state index in [0.29, 0.717) is 0 Å². The van der Waals surface area contributed by atoms with Gasteiger partial charge in [-0.15, -0.1) is 0 Å². The number of rotatable bonds is 0. The maximum absolute atomic E-state index is 4.12. The monoisotopic (exact) mass is 195 g/mol. The minimum absolute atomic E-state index is 0. The molecule has 0 bridgehead atoms. The van der Waals surface area contributed by atoms with Crippen LogP contribution in [0.1, 0.15) is 34.7 Å². The molecule has 0 aromatic carbocycles. The Morgan fingerprint density at radius 3 is 2.36 bits per heavy atom. The number of fused-ring (bicyclic) bond motifs is 1. The Hall–Kier alpha value is -1.38. The zero-order chi connectivity index (χ0) is 11.0. The van der Waals surface area contributed by atoms with E-state index in [1.807, 2.05) is 40.8 Å². The van der Waals surface area contributed by atoms with Gasteiger partial charge >= 0.3 is 0 Å². The predicted molar refractivity (Wildman–Crippen MR) is 63.4 cm³/mol. The summed E-state index contributed by atoms with van der Waals surface area (Å²) in [6, 6.07) is 0. The number of H-pyrrole nitrogens is 1. The molecule has 0 atom stereocenters. The smallest absolute Gasteiger partial charge is 0.0942 e. The Balaban J connectivity index is 0. The summed E-state index contributed by atoms with van der Waals surface area (Å²) < 4.78 is 0. The molecule has 0 saturated carbocycles. The molecular formula is C11H21N3. The highest BCUT2D eigenvalue weighted by Gasteiger charge is 1.96.